The van der Waals surface area contributed by atoms with Crippen molar-refractivity contribution in [1.29, 1.82) is 0 Å². The largest absolute Gasteiger partial charge is 0.154 e. The first-order valence-corrected chi connectivity index (χ1v) is 6.47. The molecule has 2 aromatic carbocycles. The molecule has 0 aliphatic rings. The van der Waals surface area contributed by atoms with Crippen molar-refractivity contribution < 1.29 is 0 Å². The van der Waals surface area contributed by atoms with E-state index >= 15 is 0 Å². The van der Waals surface area contributed by atoms with Crippen molar-refractivity contribution in [2.45, 2.75) is 19.1 Å². The molecule has 1 unspecified atom stereocenters. The first-order chi connectivity index (χ1) is 7.33. The maximum atomic E-state index is 2.29. The Morgan fingerprint density at radius 1 is 1.07 bits per heavy atom. The van der Waals surface area contributed by atoms with Crippen LogP contribution in [0, 0.1) is 0 Å². The van der Waals surface area contributed by atoms with E-state index in [0.29, 0.717) is 5.25 Å². The Labute approximate surface area is 95.7 Å². The summed E-state index contributed by atoms with van der Waals surface area (Å²) >= 11 is 2.00. The summed E-state index contributed by atoms with van der Waals surface area (Å²) < 4.78 is 0. The van der Waals surface area contributed by atoms with Gasteiger partial charge in [-0.3, -0.25) is 0 Å². The van der Waals surface area contributed by atoms with E-state index in [1.165, 1.54) is 22.1 Å². The Morgan fingerprint density at radius 3 is 2.60 bits per heavy atom. The smallest absolute Gasteiger partial charge is 0.0275 e. The van der Waals surface area contributed by atoms with E-state index in [9.17, 15) is 0 Å². The third-order valence-electron chi connectivity index (χ3n) is 2.68. The summed E-state index contributed by atoms with van der Waals surface area (Å²) in [6, 6.07) is 15.2. The molecule has 0 fully saturated rings. The van der Waals surface area contributed by atoms with Gasteiger partial charge in [0.1, 0.15) is 0 Å². The second-order valence-corrected chi connectivity index (χ2v) is 5.28. The van der Waals surface area contributed by atoms with Gasteiger partial charge in [0.2, 0.25) is 0 Å². The molecule has 0 N–H and O–H groups in total. The number of benzene rings is 2. The summed E-state index contributed by atoms with van der Waals surface area (Å²) in [4.78, 5) is 0. The molecule has 0 saturated heterocycles. The van der Waals surface area contributed by atoms with Crippen LogP contribution in [0.4, 0.5) is 0 Å². The van der Waals surface area contributed by atoms with Gasteiger partial charge in [-0.25, -0.2) is 0 Å². The molecule has 0 aliphatic heterocycles. The number of thioether (sulfide) groups is 1. The summed E-state index contributed by atoms with van der Waals surface area (Å²) in [7, 11) is 0. The Morgan fingerprint density at radius 2 is 1.80 bits per heavy atom. The van der Waals surface area contributed by atoms with Crippen LogP contribution in [-0.2, 0) is 0 Å². The van der Waals surface area contributed by atoms with E-state index in [1.54, 1.807) is 0 Å². The van der Waals surface area contributed by atoms with Crippen LogP contribution in [0.25, 0.3) is 10.8 Å². The lowest BCUT2D eigenvalue weighted by atomic mass is 10.0. The minimum absolute atomic E-state index is 0.584. The van der Waals surface area contributed by atoms with Crippen LogP contribution in [0.1, 0.15) is 24.7 Å². The second kappa shape index (κ2) is 4.71. The molecule has 0 spiro atoms. The molecule has 0 radical (unpaired) electrons. The maximum absolute atomic E-state index is 2.29. The third kappa shape index (κ3) is 2.18. The van der Waals surface area contributed by atoms with Gasteiger partial charge in [0.25, 0.3) is 0 Å². The highest BCUT2D eigenvalue weighted by atomic mass is 32.2. The average Bonchev–Trinajstić information content (AvgIpc) is 2.28. The van der Waals surface area contributed by atoms with Gasteiger partial charge in [0.15, 0.2) is 0 Å². The van der Waals surface area contributed by atoms with Crippen molar-refractivity contribution in [2.24, 2.45) is 0 Å². The summed E-state index contributed by atoms with van der Waals surface area (Å²) in [5.41, 5.74) is 1.46. The van der Waals surface area contributed by atoms with E-state index in [-0.39, 0.29) is 0 Å². The normalized spacial score (nSPS) is 12.9. The lowest BCUT2D eigenvalue weighted by Crippen LogP contribution is -1.90. The van der Waals surface area contributed by atoms with Crippen LogP contribution >= 0.6 is 11.8 Å². The molecule has 0 heterocycles. The molecule has 15 heavy (non-hydrogen) atoms. The summed E-state index contributed by atoms with van der Waals surface area (Å²) in [5.74, 6) is 1.17. The van der Waals surface area contributed by atoms with E-state index in [0.717, 1.165) is 0 Å². The quantitative estimate of drug-likeness (QED) is 0.719. The highest BCUT2D eigenvalue weighted by Crippen LogP contribution is 2.32. The fourth-order valence-electron chi connectivity index (χ4n) is 1.94. The van der Waals surface area contributed by atoms with Gasteiger partial charge < -0.3 is 0 Å². The Hall–Kier alpha value is -0.950. The van der Waals surface area contributed by atoms with Crippen molar-refractivity contribution in [3.05, 3.63) is 48.0 Å². The number of hydrogen-bond donors (Lipinski definition) is 0. The monoisotopic (exact) mass is 216 g/mol. The lowest BCUT2D eigenvalue weighted by Gasteiger charge is -2.13. The molecule has 78 valence electrons. The first kappa shape index (κ1) is 10.6. The SMILES string of the molecule is CCSC(C)c1cccc2ccccc12. The van der Waals surface area contributed by atoms with Crippen LogP contribution in [0.5, 0.6) is 0 Å². The molecule has 2 rings (SSSR count). The molecular weight excluding hydrogens is 200 g/mol. The van der Waals surface area contributed by atoms with Gasteiger partial charge in [0, 0.05) is 5.25 Å². The summed E-state index contributed by atoms with van der Waals surface area (Å²) in [6.45, 7) is 4.50. The topological polar surface area (TPSA) is 0 Å². The zero-order valence-corrected chi connectivity index (χ0v) is 10.1. The average molecular weight is 216 g/mol. The fraction of sp³-hybridized carbons (Fsp3) is 0.286. The third-order valence-corrected chi connectivity index (χ3v) is 3.77. The molecule has 2 aromatic rings. The van der Waals surface area contributed by atoms with Crippen LogP contribution in [0.3, 0.4) is 0 Å². The predicted molar refractivity (Wildman–Crippen MR) is 70.5 cm³/mol. The Kier molecular flexibility index (Phi) is 3.32. The summed E-state index contributed by atoms with van der Waals surface area (Å²) in [6.07, 6.45) is 0. The van der Waals surface area contributed by atoms with Crippen molar-refractivity contribution in [2.75, 3.05) is 5.75 Å². The fourth-order valence-corrected chi connectivity index (χ4v) is 2.83. The van der Waals surface area contributed by atoms with Crippen molar-refractivity contribution >= 4 is 22.5 Å². The Bertz CT molecular complexity index is 443. The summed E-state index contributed by atoms with van der Waals surface area (Å²) in [5, 5.41) is 3.33. The van der Waals surface area contributed by atoms with Gasteiger partial charge in [0.05, 0.1) is 0 Å². The molecule has 1 heteroatoms. The minimum Gasteiger partial charge on any atom is -0.154 e. The van der Waals surface area contributed by atoms with E-state index < -0.39 is 0 Å². The second-order valence-electron chi connectivity index (χ2n) is 3.67. The molecule has 0 amide bonds. The molecule has 0 aromatic heterocycles. The van der Waals surface area contributed by atoms with Gasteiger partial charge >= 0.3 is 0 Å². The molecule has 0 aliphatic carbocycles. The highest BCUT2D eigenvalue weighted by molar-refractivity contribution is 7.99. The van der Waals surface area contributed by atoms with Crippen molar-refractivity contribution in [1.82, 2.24) is 0 Å². The minimum atomic E-state index is 0.584. The zero-order chi connectivity index (χ0) is 10.7. The molecule has 0 bridgehead atoms. The van der Waals surface area contributed by atoms with E-state index in [1.807, 2.05) is 11.8 Å². The first-order valence-electron chi connectivity index (χ1n) is 5.42. The van der Waals surface area contributed by atoms with Crippen molar-refractivity contribution in [3.63, 3.8) is 0 Å². The molecule has 0 nitrogen and oxygen atoms in total. The highest BCUT2D eigenvalue weighted by Gasteiger charge is 2.07. The van der Waals surface area contributed by atoms with Crippen LogP contribution in [0.2, 0.25) is 0 Å². The van der Waals surface area contributed by atoms with E-state index in [2.05, 4.69) is 56.3 Å². The molecular formula is C14H16S. The lowest BCUT2D eigenvalue weighted by molar-refractivity contribution is 1.11. The van der Waals surface area contributed by atoms with Crippen molar-refractivity contribution in [3.8, 4) is 0 Å². The molecule has 1 atom stereocenters. The van der Waals surface area contributed by atoms with Gasteiger partial charge in [-0.05, 0) is 29.0 Å². The van der Waals surface area contributed by atoms with Crippen LogP contribution < -0.4 is 0 Å². The van der Waals surface area contributed by atoms with Gasteiger partial charge in [-0.2, -0.15) is 11.8 Å². The number of fused-ring (bicyclic) bond motifs is 1. The van der Waals surface area contributed by atoms with Crippen LogP contribution in [-0.4, -0.2) is 5.75 Å². The number of rotatable bonds is 3. The zero-order valence-electron chi connectivity index (χ0n) is 9.23. The predicted octanol–water partition coefficient (Wildman–Crippen LogP) is 4.65. The number of hydrogen-bond acceptors (Lipinski definition) is 1. The van der Waals surface area contributed by atoms with Gasteiger partial charge in [-0.15, -0.1) is 0 Å². The van der Waals surface area contributed by atoms with Gasteiger partial charge in [-0.1, -0.05) is 49.4 Å². The maximum Gasteiger partial charge on any atom is 0.0275 e. The molecule has 0 saturated carbocycles. The van der Waals surface area contributed by atoms with Crippen LogP contribution in [0.15, 0.2) is 42.5 Å². The Balaban J connectivity index is 2.50. The van der Waals surface area contributed by atoms with E-state index in [4.69, 9.17) is 0 Å². The standard InChI is InChI=1S/C14H16S/c1-3-15-11(2)13-10-6-8-12-7-4-5-9-14(12)13/h4-11H,3H2,1-2H3.